The molecule has 0 fully saturated rings. The van der Waals surface area contributed by atoms with Gasteiger partial charge in [0, 0.05) is 5.56 Å². The molecule has 9 heteroatoms. The van der Waals surface area contributed by atoms with Crippen LogP contribution in [-0.2, 0) is 4.79 Å². The molecule has 0 bridgehead atoms. The van der Waals surface area contributed by atoms with Gasteiger partial charge in [0.2, 0.25) is 11.9 Å². The maximum absolute atomic E-state index is 12.5. The maximum Gasteiger partial charge on any atom is 0.241 e. The first-order valence-electron chi connectivity index (χ1n) is 9.24. The van der Waals surface area contributed by atoms with Gasteiger partial charge in [-0.3, -0.25) is 14.5 Å². The first-order valence-corrected chi connectivity index (χ1v) is 11.0. The number of fused-ring (bicyclic) bond motifs is 3. The number of thioether (sulfide) groups is 1. The summed E-state index contributed by atoms with van der Waals surface area (Å²) >= 11 is 2.59. The van der Waals surface area contributed by atoms with E-state index in [-0.39, 0.29) is 11.7 Å². The number of anilines is 1. The van der Waals surface area contributed by atoms with Crippen LogP contribution in [0.2, 0.25) is 0 Å². The second-order valence-corrected chi connectivity index (χ2v) is 8.35. The Morgan fingerprint density at radius 1 is 1.10 bits per heavy atom. The minimum atomic E-state index is -0.189. The minimum absolute atomic E-state index is 0.183. The van der Waals surface area contributed by atoms with Gasteiger partial charge < -0.3 is 0 Å². The van der Waals surface area contributed by atoms with E-state index in [1.807, 2.05) is 59.9 Å². The zero-order valence-corrected chi connectivity index (χ0v) is 17.6. The van der Waals surface area contributed by atoms with Gasteiger partial charge in [0.25, 0.3) is 0 Å². The van der Waals surface area contributed by atoms with Gasteiger partial charge in [0.1, 0.15) is 5.01 Å². The maximum atomic E-state index is 12.5. The van der Waals surface area contributed by atoms with Crippen LogP contribution >= 0.6 is 23.3 Å². The minimum Gasteiger partial charge on any atom is -0.293 e. The molecule has 148 valence electrons. The van der Waals surface area contributed by atoms with Crippen molar-refractivity contribution < 1.29 is 4.79 Å². The molecule has 5 aromatic rings. The molecule has 0 unspecified atom stereocenters. The first-order chi connectivity index (χ1) is 14.7. The molecule has 3 heterocycles. The van der Waals surface area contributed by atoms with Crippen molar-refractivity contribution in [1.82, 2.24) is 24.0 Å². The molecular formula is C21H16N6OS2. The zero-order valence-electron chi connectivity index (χ0n) is 15.9. The summed E-state index contributed by atoms with van der Waals surface area (Å²) in [6.07, 6.45) is 0. The smallest absolute Gasteiger partial charge is 0.241 e. The molecule has 5 rings (SSSR count). The van der Waals surface area contributed by atoms with Crippen LogP contribution in [0.25, 0.3) is 27.1 Å². The molecule has 0 radical (unpaired) electrons. The Balaban J connectivity index is 1.33. The molecule has 0 spiro atoms. The van der Waals surface area contributed by atoms with Crippen LogP contribution in [0.4, 0.5) is 5.95 Å². The van der Waals surface area contributed by atoms with Crippen molar-refractivity contribution in [3.63, 3.8) is 0 Å². The fourth-order valence-electron chi connectivity index (χ4n) is 3.21. The summed E-state index contributed by atoms with van der Waals surface area (Å²) in [7, 11) is 0. The summed E-state index contributed by atoms with van der Waals surface area (Å²) in [5.74, 6) is 0.311. The van der Waals surface area contributed by atoms with Crippen molar-refractivity contribution in [2.24, 2.45) is 0 Å². The number of benzene rings is 2. The van der Waals surface area contributed by atoms with Crippen LogP contribution in [0, 0.1) is 6.92 Å². The van der Waals surface area contributed by atoms with E-state index < -0.39 is 0 Å². The molecule has 2 aromatic carbocycles. The van der Waals surface area contributed by atoms with Gasteiger partial charge in [0.05, 0.1) is 11.3 Å². The van der Waals surface area contributed by atoms with E-state index in [2.05, 4.69) is 37.0 Å². The number of para-hydroxylation sites is 1. The van der Waals surface area contributed by atoms with E-state index in [0.29, 0.717) is 11.1 Å². The SMILES string of the molecule is Cc1cc2ccccc2n2c(SCC(=O)Nc3nsc(-c4ccccc4)n3)nnc12. The lowest BCUT2D eigenvalue weighted by Crippen LogP contribution is -2.15. The third-order valence-electron chi connectivity index (χ3n) is 4.57. The van der Waals surface area contributed by atoms with Crippen LogP contribution in [0.15, 0.2) is 65.8 Å². The lowest BCUT2D eigenvalue weighted by molar-refractivity contribution is -0.113. The molecule has 0 aliphatic heterocycles. The van der Waals surface area contributed by atoms with Crippen LogP contribution in [-0.4, -0.2) is 35.6 Å². The number of hydrogen-bond donors (Lipinski definition) is 1. The molecule has 3 aromatic heterocycles. The Bertz CT molecular complexity index is 1360. The van der Waals surface area contributed by atoms with Gasteiger partial charge in [-0.05, 0) is 41.5 Å². The number of amides is 1. The molecular weight excluding hydrogens is 416 g/mol. The molecule has 1 amide bonds. The van der Waals surface area contributed by atoms with Gasteiger partial charge in [-0.1, -0.05) is 60.3 Å². The second-order valence-electron chi connectivity index (χ2n) is 6.65. The number of hydrogen-bond acceptors (Lipinski definition) is 7. The number of carbonyl (C=O) groups is 1. The average Bonchev–Trinajstić information content (AvgIpc) is 3.41. The number of nitrogens with zero attached hydrogens (tertiary/aromatic N) is 5. The van der Waals surface area contributed by atoms with Crippen LogP contribution in [0.1, 0.15) is 5.56 Å². The largest absolute Gasteiger partial charge is 0.293 e. The Labute approximate surface area is 180 Å². The predicted octanol–water partition coefficient (Wildman–Crippen LogP) is 4.44. The second kappa shape index (κ2) is 7.85. The van der Waals surface area contributed by atoms with E-state index in [9.17, 15) is 4.79 Å². The van der Waals surface area contributed by atoms with Crippen LogP contribution in [0.3, 0.4) is 0 Å². The van der Waals surface area contributed by atoms with Gasteiger partial charge in [-0.15, -0.1) is 10.2 Å². The fourth-order valence-corrected chi connectivity index (χ4v) is 4.58. The van der Waals surface area contributed by atoms with Crippen molar-refractivity contribution >= 4 is 51.7 Å². The Morgan fingerprint density at radius 3 is 2.77 bits per heavy atom. The van der Waals surface area contributed by atoms with Crippen molar-refractivity contribution in [2.75, 3.05) is 11.1 Å². The number of pyridine rings is 1. The summed E-state index contributed by atoms with van der Waals surface area (Å²) in [6, 6.07) is 19.9. The average molecular weight is 433 g/mol. The highest BCUT2D eigenvalue weighted by molar-refractivity contribution is 7.99. The molecule has 0 saturated carbocycles. The third-order valence-corrected chi connectivity index (χ3v) is 6.26. The summed E-state index contributed by atoms with van der Waals surface area (Å²) in [4.78, 5) is 16.9. The van der Waals surface area contributed by atoms with Crippen molar-refractivity contribution in [3.05, 3.63) is 66.2 Å². The highest BCUT2D eigenvalue weighted by Crippen LogP contribution is 2.26. The molecule has 0 aliphatic carbocycles. The van der Waals surface area contributed by atoms with Crippen molar-refractivity contribution in [2.45, 2.75) is 12.1 Å². The van der Waals surface area contributed by atoms with E-state index in [0.717, 1.165) is 32.7 Å². The normalized spacial score (nSPS) is 11.2. The summed E-state index contributed by atoms with van der Waals surface area (Å²) in [5, 5.41) is 13.9. The van der Waals surface area contributed by atoms with E-state index in [4.69, 9.17) is 0 Å². The standard InChI is InChI=1S/C21H16N6OS2/c1-13-11-15-9-5-6-10-16(15)27-18(13)24-25-21(27)29-12-17(28)22-20-23-19(30-26-20)14-7-3-2-4-8-14/h2-11H,12H2,1H3,(H,22,26,28). The number of rotatable bonds is 5. The molecule has 1 N–H and O–H groups in total. The summed E-state index contributed by atoms with van der Waals surface area (Å²) in [6.45, 7) is 2.01. The number of nitrogens with one attached hydrogen (secondary N) is 1. The van der Waals surface area contributed by atoms with Crippen LogP contribution in [0.5, 0.6) is 0 Å². The number of carbonyl (C=O) groups excluding carboxylic acids is 1. The van der Waals surface area contributed by atoms with E-state index >= 15 is 0 Å². The van der Waals surface area contributed by atoms with Crippen molar-refractivity contribution in [1.29, 1.82) is 0 Å². The highest BCUT2D eigenvalue weighted by atomic mass is 32.2. The zero-order chi connectivity index (χ0) is 20.5. The number of aryl methyl sites for hydroxylation is 1. The van der Waals surface area contributed by atoms with Gasteiger partial charge >= 0.3 is 0 Å². The molecule has 0 atom stereocenters. The fraction of sp³-hybridized carbons (Fsp3) is 0.0952. The van der Waals surface area contributed by atoms with Gasteiger partial charge in [-0.25, -0.2) is 0 Å². The molecule has 0 aliphatic rings. The van der Waals surface area contributed by atoms with E-state index in [1.54, 1.807) is 0 Å². The summed E-state index contributed by atoms with van der Waals surface area (Å²) < 4.78 is 6.23. The number of aromatic nitrogens is 5. The Kier molecular flexibility index (Phi) is 4.89. The topological polar surface area (TPSA) is 85.1 Å². The molecule has 7 nitrogen and oxygen atoms in total. The predicted molar refractivity (Wildman–Crippen MR) is 120 cm³/mol. The Morgan fingerprint density at radius 2 is 1.90 bits per heavy atom. The molecule has 30 heavy (non-hydrogen) atoms. The lowest BCUT2D eigenvalue weighted by atomic mass is 10.1. The van der Waals surface area contributed by atoms with Crippen LogP contribution < -0.4 is 5.32 Å². The first kappa shape index (κ1) is 18.7. The molecule has 0 saturated heterocycles. The van der Waals surface area contributed by atoms with E-state index in [1.165, 1.54) is 23.3 Å². The summed E-state index contributed by atoms with van der Waals surface area (Å²) in [5.41, 5.74) is 3.82. The quantitative estimate of drug-likeness (QED) is 0.413. The van der Waals surface area contributed by atoms with Crippen molar-refractivity contribution in [3.8, 4) is 10.6 Å². The Hall–Kier alpha value is -3.30. The van der Waals surface area contributed by atoms with Gasteiger partial charge in [0.15, 0.2) is 10.8 Å². The lowest BCUT2D eigenvalue weighted by Gasteiger charge is -2.06. The highest BCUT2D eigenvalue weighted by Gasteiger charge is 2.15. The third kappa shape index (κ3) is 3.53. The van der Waals surface area contributed by atoms with Gasteiger partial charge in [-0.2, -0.15) is 9.36 Å². The monoisotopic (exact) mass is 432 g/mol.